The summed E-state index contributed by atoms with van der Waals surface area (Å²) < 4.78 is 0. The van der Waals surface area contributed by atoms with E-state index in [1.165, 1.54) is 0 Å². The smallest absolute Gasteiger partial charge is 0.181 e. The van der Waals surface area contributed by atoms with Crippen LogP contribution in [-0.2, 0) is 0 Å². The molecule has 0 aliphatic carbocycles. The van der Waals surface area contributed by atoms with Crippen LogP contribution in [0.4, 0.5) is 5.69 Å². The number of aliphatic hydroxyl groups excluding tert-OH is 1. The third-order valence-electron chi connectivity index (χ3n) is 2.18. The molecule has 0 radical (unpaired) electrons. The van der Waals surface area contributed by atoms with E-state index >= 15 is 0 Å². The van der Waals surface area contributed by atoms with Crippen LogP contribution in [0.5, 0.6) is 0 Å². The van der Waals surface area contributed by atoms with Crippen molar-refractivity contribution in [2.24, 2.45) is 0 Å². The number of hydrogen-bond donors (Lipinski definition) is 3. The molecule has 1 aromatic heterocycles. The largest absolute Gasteiger partial charge is 0.395 e. The highest BCUT2D eigenvalue weighted by molar-refractivity contribution is 5.59. The van der Waals surface area contributed by atoms with Gasteiger partial charge in [-0.2, -0.15) is 5.10 Å². The van der Waals surface area contributed by atoms with Crippen molar-refractivity contribution < 1.29 is 5.11 Å². The van der Waals surface area contributed by atoms with Crippen LogP contribution in [0.2, 0.25) is 0 Å². The molecular formula is C11H14N4O. The normalized spacial score (nSPS) is 10.4. The second-order valence-electron chi connectivity index (χ2n) is 3.47. The first-order valence-electron chi connectivity index (χ1n) is 5.14. The third-order valence-corrected chi connectivity index (χ3v) is 2.18. The molecule has 0 saturated carbocycles. The van der Waals surface area contributed by atoms with Crippen molar-refractivity contribution in [2.75, 3.05) is 18.5 Å². The van der Waals surface area contributed by atoms with E-state index in [9.17, 15) is 0 Å². The summed E-state index contributed by atoms with van der Waals surface area (Å²) in [5, 5.41) is 18.6. The van der Waals surface area contributed by atoms with Gasteiger partial charge in [-0.05, 0) is 31.2 Å². The summed E-state index contributed by atoms with van der Waals surface area (Å²) in [5.41, 5.74) is 1.95. The maximum absolute atomic E-state index is 8.68. The fraction of sp³-hybridized carbons (Fsp3) is 0.273. The zero-order chi connectivity index (χ0) is 11.4. The molecule has 3 N–H and O–H groups in total. The van der Waals surface area contributed by atoms with Gasteiger partial charge in [0.05, 0.1) is 6.61 Å². The lowest BCUT2D eigenvalue weighted by Crippen LogP contribution is -2.04. The number of rotatable bonds is 4. The highest BCUT2D eigenvalue weighted by Crippen LogP contribution is 2.17. The van der Waals surface area contributed by atoms with Crippen LogP contribution >= 0.6 is 0 Å². The number of aromatic nitrogens is 3. The minimum Gasteiger partial charge on any atom is -0.395 e. The standard InChI is InChI=1S/C11H14N4O/c1-8-13-11(15-14-8)9-2-4-10(5-3-9)12-6-7-16/h2-5,12,16H,6-7H2,1H3,(H,13,14,15). The van der Waals surface area contributed by atoms with Gasteiger partial charge >= 0.3 is 0 Å². The first-order valence-corrected chi connectivity index (χ1v) is 5.14. The Balaban J connectivity index is 2.13. The van der Waals surface area contributed by atoms with Gasteiger partial charge < -0.3 is 10.4 Å². The third kappa shape index (κ3) is 2.38. The van der Waals surface area contributed by atoms with Crippen LogP contribution in [-0.4, -0.2) is 33.4 Å². The minimum atomic E-state index is 0.127. The van der Waals surface area contributed by atoms with Crippen molar-refractivity contribution in [1.82, 2.24) is 15.2 Å². The predicted octanol–water partition coefficient (Wildman–Crippen LogP) is 1.18. The molecule has 1 heterocycles. The van der Waals surface area contributed by atoms with Crippen LogP contribution in [0.1, 0.15) is 5.82 Å². The lowest BCUT2D eigenvalue weighted by Gasteiger charge is -2.04. The molecule has 0 amide bonds. The molecule has 0 aliphatic rings. The molecule has 5 heteroatoms. The summed E-state index contributed by atoms with van der Waals surface area (Å²) in [4.78, 5) is 4.25. The molecule has 0 aliphatic heterocycles. The van der Waals surface area contributed by atoms with E-state index in [0.29, 0.717) is 12.4 Å². The van der Waals surface area contributed by atoms with E-state index in [0.717, 1.165) is 17.1 Å². The number of nitrogens with one attached hydrogen (secondary N) is 2. The topological polar surface area (TPSA) is 73.8 Å². The Labute approximate surface area is 93.5 Å². The van der Waals surface area contributed by atoms with E-state index in [1.807, 2.05) is 31.2 Å². The first kappa shape index (κ1) is 10.6. The van der Waals surface area contributed by atoms with Crippen LogP contribution < -0.4 is 5.32 Å². The van der Waals surface area contributed by atoms with E-state index in [4.69, 9.17) is 5.11 Å². The lowest BCUT2D eigenvalue weighted by molar-refractivity contribution is 0.311. The number of H-pyrrole nitrogens is 1. The summed E-state index contributed by atoms with van der Waals surface area (Å²) in [6, 6.07) is 7.78. The van der Waals surface area contributed by atoms with Gasteiger partial charge in [0.2, 0.25) is 0 Å². The molecule has 0 unspecified atom stereocenters. The zero-order valence-electron chi connectivity index (χ0n) is 9.07. The van der Waals surface area contributed by atoms with Crippen molar-refractivity contribution in [3.63, 3.8) is 0 Å². The molecule has 0 spiro atoms. The van der Waals surface area contributed by atoms with Gasteiger partial charge in [0.1, 0.15) is 5.82 Å². The van der Waals surface area contributed by atoms with Gasteiger partial charge in [-0.3, -0.25) is 5.10 Å². The highest BCUT2D eigenvalue weighted by atomic mass is 16.3. The summed E-state index contributed by atoms with van der Waals surface area (Å²) in [5.74, 6) is 1.50. The van der Waals surface area contributed by atoms with Crippen LogP contribution in [0.3, 0.4) is 0 Å². The Morgan fingerprint density at radius 2 is 2.06 bits per heavy atom. The van der Waals surface area contributed by atoms with Crippen molar-refractivity contribution in [2.45, 2.75) is 6.92 Å². The number of benzene rings is 1. The Hall–Kier alpha value is -1.88. The summed E-state index contributed by atoms with van der Waals surface area (Å²) >= 11 is 0. The molecule has 0 bridgehead atoms. The summed E-state index contributed by atoms with van der Waals surface area (Å²) in [6.45, 7) is 2.55. The molecular weight excluding hydrogens is 204 g/mol. The Kier molecular flexibility index (Phi) is 3.16. The highest BCUT2D eigenvalue weighted by Gasteiger charge is 2.02. The second kappa shape index (κ2) is 4.76. The molecule has 84 valence electrons. The van der Waals surface area contributed by atoms with Gasteiger partial charge in [0.15, 0.2) is 5.82 Å². The molecule has 2 rings (SSSR count). The number of hydrogen-bond acceptors (Lipinski definition) is 4. The van der Waals surface area contributed by atoms with Crippen molar-refractivity contribution in [3.8, 4) is 11.4 Å². The number of aryl methyl sites for hydroxylation is 1. The SMILES string of the molecule is Cc1nc(-c2ccc(NCCO)cc2)n[nH]1. The van der Waals surface area contributed by atoms with Gasteiger partial charge in [0.25, 0.3) is 0 Å². The quantitative estimate of drug-likeness (QED) is 0.720. The molecule has 0 fully saturated rings. The summed E-state index contributed by atoms with van der Waals surface area (Å²) in [7, 11) is 0. The minimum absolute atomic E-state index is 0.127. The summed E-state index contributed by atoms with van der Waals surface area (Å²) in [6.07, 6.45) is 0. The maximum atomic E-state index is 8.68. The monoisotopic (exact) mass is 218 g/mol. The van der Waals surface area contributed by atoms with Gasteiger partial charge in [0, 0.05) is 17.8 Å². The fourth-order valence-electron chi connectivity index (χ4n) is 1.41. The predicted molar refractivity (Wildman–Crippen MR) is 62.1 cm³/mol. The lowest BCUT2D eigenvalue weighted by atomic mass is 10.2. The zero-order valence-corrected chi connectivity index (χ0v) is 9.07. The average molecular weight is 218 g/mol. The van der Waals surface area contributed by atoms with Crippen molar-refractivity contribution in [1.29, 1.82) is 0 Å². The van der Waals surface area contributed by atoms with E-state index in [-0.39, 0.29) is 6.61 Å². The van der Waals surface area contributed by atoms with E-state index < -0.39 is 0 Å². The Morgan fingerprint density at radius 1 is 1.31 bits per heavy atom. The fourth-order valence-corrected chi connectivity index (χ4v) is 1.41. The molecule has 5 nitrogen and oxygen atoms in total. The Bertz CT molecular complexity index is 449. The van der Waals surface area contributed by atoms with Crippen LogP contribution in [0.15, 0.2) is 24.3 Å². The van der Waals surface area contributed by atoms with Crippen molar-refractivity contribution in [3.05, 3.63) is 30.1 Å². The molecule has 0 atom stereocenters. The first-order chi connectivity index (χ1) is 7.79. The van der Waals surface area contributed by atoms with Crippen molar-refractivity contribution >= 4 is 5.69 Å². The molecule has 2 aromatic rings. The number of aromatic amines is 1. The number of aliphatic hydroxyl groups is 1. The van der Waals surface area contributed by atoms with E-state index in [1.54, 1.807) is 0 Å². The van der Waals surface area contributed by atoms with E-state index in [2.05, 4.69) is 20.5 Å². The van der Waals surface area contributed by atoms with Crippen LogP contribution in [0.25, 0.3) is 11.4 Å². The van der Waals surface area contributed by atoms with Gasteiger partial charge in [-0.15, -0.1) is 0 Å². The van der Waals surface area contributed by atoms with Gasteiger partial charge in [-0.25, -0.2) is 4.98 Å². The molecule has 1 aromatic carbocycles. The van der Waals surface area contributed by atoms with Gasteiger partial charge in [-0.1, -0.05) is 0 Å². The average Bonchev–Trinajstić information content (AvgIpc) is 2.74. The Morgan fingerprint density at radius 3 is 2.62 bits per heavy atom. The number of anilines is 1. The molecule has 0 saturated heterocycles. The molecule has 16 heavy (non-hydrogen) atoms. The second-order valence-corrected chi connectivity index (χ2v) is 3.47. The number of nitrogens with zero attached hydrogens (tertiary/aromatic N) is 2. The van der Waals surface area contributed by atoms with Crippen LogP contribution in [0, 0.1) is 6.92 Å². The maximum Gasteiger partial charge on any atom is 0.181 e.